The number of piperazine rings is 1. The zero-order chi connectivity index (χ0) is 17.6. The van der Waals surface area contributed by atoms with Gasteiger partial charge in [-0.3, -0.25) is 4.99 Å². The van der Waals surface area contributed by atoms with Gasteiger partial charge >= 0.3 is 0 Å². The molecule has 3 rings (SSSR count). The number of aromatic nitrogens is 2. The summed E-state index contributed by atoms with van der Waals surface area (Å²) in [5, 5.41) is 4.52. The number of guanidine groups is 1. The van der Waals surface area contributed by atoms with Crippen LogP contribution in [-0.2, 0) is 13.0 Å². The summed E-state index contributed by atoms with van der Waals surface area (Å²) in [6.07, 6.45) is 0.895. The van der Waals surface area contributed by atoms with Crippen LogP contribution >= 0.6 is 11.5 Å². The number of aliphatic imine (C=N–C) groups is 1. The minimum Gasteiger partial charge on any atom is -0.352 e. The third-order valence-corrected chi connectivity index (χ3v) is 5.18. The van der Waals surface area contributed by atoms with Crippen LogP contribution in [0.2, 0.25) is 0 Å². The molecule has 1 aromatic carbocycles. The van der Waals surface area contributed by atoms with E-state index in [2.05, 4.69) is 67.6 Å². The van der Waals surface area contributed by atoms with Gasteiger partial charge in [0.25, 0.3) is 0 Å². The van der Waals surface area contributed by atoms with E-state index < -0.39 is 0 Å². The van der Waals surface area contributed by atoms with Gasteiger partial charge in [-0.2, -0.15) is 4.37 Å². The Hall–Kier alpha value is -2.15. The minimum atomic E-state index is 0.796. The molecule has 1 saturated heterocycles. The Morgan fingerprint density at radius 2 is 2.08 bits per heavy atom. The van der Waals surface area contributed by atoms with E-state index in [-0.39, 0.29) is 0 Å². The molecule has 2 heterocycles. The largest absolute Gasteiger partial charge is 0.352 e. The van der Waals surface area contributed by atoms with Crippen LogP contribution in [0.3, 0.4) is 0 Å². The van der Waals surface area contributed by atoms with Crippen molar-refractivity contribution in [2.75, 3.05) is 38.1 Å². The highest BCUT2D eigenvalue weighted by molar-refractivity contribution is 7.09. The Labute approximate surface area is 153 Å². The molecule has 134 valence electrons. The molecule has 1 fully saturated rings. The summed E-state index contributed by atoms with van der Waals surface area (Å²) >= 11 is 1.51. The second-order valence-electron chi connectivity index (χ2n) is 6.21. The highest BCUT2D eigenvalue weighted by Crippen LogP contribution is 2.19. The standard InChI is InChI=1S/C18H26N6S/c1-4-16-21-18(25-22-16)24-10-8-23(9-11-24)17(19-3)20-13-15-7-5-6-14(2)12-15/h5-7,12H,4,8-11,13H2,1-3H3,(H,19,20). The van der Waals surface area contributed by atoms with E-state index in [1.165, 1.54) is 22.7 Å². The molecule has 0 saturated carbocycles. The predicted octanol–water partition coefficient (Wildman–Crippen LogP) is 2.31. The molecule has 1 aliphatic rings. The second-order valence-corrected chi connectivity index (χ2v) is 6.94. The average molecular weight is 359 g/mol. The van der Waals surface area contributed by atoms with Crippen molar-refractivity contribution in [3.05, 3.63) is 41.2 Å². The lowest BCUT2D eigenvalue weighted by atomic mass is 10.1. The highest BCUT2D eigenvalue weighted by atomic mass is 32.1. The van der Waals surface area contributed by atoms with E-state index in [1.807, 2.05) is 7.05 Å². The van der Waals surface area contributed by atoms with Gasteiger partial charge in [0.05, 0.1) is 0 Å². The van der Waals surface area contributed by atoms with Crippen LogP contribution in [0.15, 0.2) is 29.3 Å². The van der Waals surface area contributed by atoms with Gasteiger partial charge in [0.1, 0.15) is 5.82 Å². The number of benzene rings is 1. The van der Waals surface area contributed by atoms with Gasteiger partial charge in [0.15, 0.2) is 5.96 Å². The van der Waals surface area contributed by atoms with Crippen molar-refractivity contribution in [3.63, 3.8) is 0 Å². The molecule has 2 aromatic rings. The van der Waals surface area contributed by atoms with Crippen molar-refractivity contribution in [1.29, 1.82) is 0 Å². The number of aryl methyl sites for hydroxylation is 2. The molecular weight excluding hydrogens is 332 g/mol. The molecule has 25 heavy (non-hydrogen) atoms. The topological polar surface area (TPSA) is 56.7 Å². The lowest BCUT2D eigenvalue weighted by Gasteiger charge is -2.36. The molecular formula is C18H26N6S. The fourth-order valence-electron chi connectivity index (χ4n) is 2.96. The van der Waals surface area contributed by atoms with Crippen LogP contribution in [0.5, 0.6) is 0 Å². The summed E-state index contributed by atoms with van der Waals surface area (Å²) < 4.78 is 4.39. The Morgan fingerprint density at radius 1 is 1.28 bits per heavy atom. The Bertz CT molecular complexity index is 718. The van der Waals surface area contributed by atoms with Gasteiger partial charge in [-0.15, -0.1) is 0 Å². The van der Waals surface area contributed by atoms with E-state index in [1.54, 1.807) is 0 Å². The molecule has 1 aromatic heterocycles. The Kier molecular flexibility index (Phi) is 5.86. The van der Waals surface area contributed by atoms with Crippen LogP contribution < -0.4 is 10.2 Å². The second kappa shape index (κ2) is 8.29. The van der Waals surface area contributed by atoms with Gasteiger partial charge < -0.3 is 15.1 Å². The van der Waals surface area contributed by atoms with Crippen molar-refractivity contribution in [2.45, 2.75) is 26.8 Å². The molecule has 0 atom stereocenters. The summed E-state index contributed by atoms with van der Waals surface area (Å²) in [4.78, 5) is 13.7. The number of hydrogen-bond acceptors (Lipinski definition) is 5. The summed E-state index contributed by atoms with van der Waals surface area (Å²) in [6.45, 7) is 8.78. The molecule has 0 aliphatic carbocycles. The Balaban J connectivity index is 1.53. The summed E-state index contributed by atoms with van der Waals surface area (Å²) in [7, 11) is 1.85. The number of hydrogen-bond donors (Lipinski definition) is 1. The monoisotopic (exact) mass is 358 g/mol. The molecule has 1 N–H and O–H groups in total. The fourth-order valence-corrected chi connectivity index (χ4v) is 3.76. The van der Waals surface area contributed by atoms with E-state index in [4.69, 9.17) is 0 Å². The van der Waals surface area contributed by atoms with Crippen LogP contribution in [-0.4, -0.2) is 53.4 Å². The fraction of sp³-hybridized carbons (Fsp3) is 0.500. The quantitative estimate of drug-likeness (QED) is 0.671. The highest BCUT2D eigenvalue weighted by Gasteiger charge is 2.21. The predicted molar refractivity (Wildman–Crippen MR) is 104 cm³/mol. The molecule has 0 amide bonds. The molecule has 7 heteroatoms. The lowest BCUT2D eigenvalue weighted by Crippen LogP contribution is -2.52. The van der Waals surface area contributed by atoms with Crippen LogP contribution in [0.25, 0.3) is 0 Å². The van der Waals surface area contributed by atoms with E-state index in [0.29, 0.717) is 0 Å². The van der Waals surface area contributed by atoms with Crippen molar-refractivity contribution in [3.8, 4) is 0 Å². The van der Waals surface area contributed by atoms with E-state index in [9.17, 15) is 0 Å². The van der Waals surface area contributed by atoms with Crippen molar-refractivity contribution in [1.82, 2.24) is 19.6 Å². The smallest absolute Gasteiger partial charge is 0.205 e. The third kappa shape index (κ3) is 4.48. The molecule has 0 radical (unpaired) electrons. The first-order chi connectivity index (χ1) is 12.2. The van der Waals surface area contributed by atoms with Crippen LogP contribution in [0.4, 0.5) is 5.13 Å². The number of anilines is 1. The van der Waals surface area contributed by atoms with Gasteiger partial charge in [0.2, 0.25) is 5.13 Å². The van der Waals surface area contributed by atoms with Crippen molar-refractivity contribution >= 4 is 22.6 Å². The molecule has 0 unspecified atom stereocenters. The minimum absolute atomic E-state index is 0.796. The van der Waals surface area contributed by atoms with Gasteiger partial charge in [-0.1, -0.05) is 36.8 Å². The van der Waals surface area contributed by atoms with E-state index >= 15 is 0 Å². The van der Waals surface area contributed by atoms with Gasteiger partial charge in [0, 0.05) is 57.7 Å². The zero-order valence-electron chi connectivity index (χ0n) is 15.2. The number of nitrogens with zero attached hydrogens (tertiary/aromatic N) is 5. The zero-order valence-corrected chi connectivity index (χ0v) is 16.0. The maximum absolute atomic E-state index is 4.60. The lowest BCUT2D eigenvalue weighted by molar-refractivity contribution is 0.372. The molecule has 0 bridgehead atoms. The molecule has 6 nitrogen and oxygen atoms in total. The maximum atomic E-state index is 4.60. The Morgan fingerprint density at radius 3 is 2.72 bits per heavy atom. The summed E-state index contributed by atoms with van der Waals surface area (Å²) in [5.41, 5.74) is 2.56. The summed E-state index contributed by atoms with van der Waals surface area (Å²) in [6, 6.07) is 8.57. The number of rotatable bonds is 4. The van der Waals surface area contributed by atoms with E-state index in [0.717, 1.165) is 56.1 Å². The first kappa shape index (κ1) is 17.7. The van der Waals surface area contributed by atoms with Crippen molar-refractivity contribution < 1.29 is 0 Å². The average Bonchev–Trinajstić information content (AvgIpc) is 3.12. The summed E-state index contributed by atoms with van der Waals surface area (Å²) in [5.74, 6) is 1.91. The third-order valence-electron chi connectivity index (χ3n) is 4.37. The van der Waals surface area contributed by atoms with Crippen LogP contribution in [0, 0.1) is 6.92 Å². The molecule has 0 spiro atoms. The molecule has 1 aliphatic heterocycles. The van der Waals surface area contributed by atoms with Gasteiger partial charge in [-0.05, 0) is 12.5 Å². The SMILES string of the molecule is CCc1nsc(N2CCN(C(=NC)NCc3cccc(C)c3)CC2)n1. The number of nitrogens with one attached hydrogen (secondary N) is 1. The van der Waals surface area contributed by atoms with Crippen LogP contribution in [0.1, 0.15) is 23.9 Å². The normalized spacial score (nSPS) is 15.6. The first-order valence-corrected chi connectivity index (χ1v) is 9.55. The van der Waals surface area contributed by atoms with Crippen molar-refractivity contribution in [2.24, 2.45) is 4.99 Å². The first-order valence-electron chi connectivity index (χ1n) is 8.78. The van der Waals surface area contributed by atoms with Gasteiger partial charge in [-0.25, -0.2) is 4.98 Å². The maximum Gasteiger partial charge on any atom is 0.205 e.